The number of sulfonamides is 1. The first-order valence-corrected chi connectivity index (χ1v) is 7.60. The minimum atomic E-state index is -3.01. The van der Waals surface area contributed by atoms with Crippen LogP contribution in [0.3, 0.4) is 0 Å². The van der Waals surface area contributed by atoms with Crippen molar-refractivity contribution in [2.75, 3.05) is 13.3 Å². The molecular formula is C11H23NO2S. The summed E-state index contributed by atoms with van der Waals surface area (Å²) < 4.78 is 24.3. The van der Waals surface area contributed by atoms with Gasteiger partial charge in [0, 0.05) is 13.1 Å². The van der Waals surface area contributed by atoms with E-state index < -0.39 is 10.0 Å². The summed E-state index contributed by atoms with van der Waals surface area (Å²) >= 11 is 0. The molecule has 4 heteroatoms. The van der Waals surface area contributed by atoms with Crippen LogP contribution in [0.2, 0.25) is 0 Å². The van der Waals surface area contributed by atoms with Crippen LogP contribution >= 0.6 is 0 Å². The van der Waals surface area contributed by atoms with Crippen LogP contribution in [0.5, 0.6) is 0 Å². The molecule has 1 aliphatic rings. The van der Waals surface area contributed by atoms with Gasteiger partial charge in [0.1, 0.15) is 0 Å². The molecule has 0 heterocycles. The van der Waals surface area contributed by atoms with Gasteiger partial charge in [-0.1, -0.05) is 13.8 Å². The summed E-state index contributed by atoms with van der Waals surface area (Å²) in [4.78, 5) is 0. The van der Waals surface area contributed by atoms with Gasteiger partial charge in [-0.15, -0.1) is 0 Å². The smallest absolute Gasteiger partial charge is 0.211 e. The molecule has 1 aliphatic carbocycles. The zero-order valence-corrected chi connectivity index (χ0v) is 11.0. The lowest BCUT2D eigenvalue weighted by Crippen LogP contribution is -2.39. The van der Waals surface area contributed by atoms with E-state index in [-0.39, 0.29) is 6.04 Å². The van der Waals surface area contributed by atoms with E-state index in [1.165, 1.54) is 19.1 Å². The summed E-state index contributed by atoms with van der Waals surface area (Å²) in [6.07, 6.45) is 5.67. The molecule has 0 unspecified atom stereocenters. The molecule has 0 radical (unpaired) electrons. The molecule has 0 aromatic heterocycles. The average Bonchev–Trinajstić information content (AvgIpc) is 2.15. The quantitative estimate of drug-likeness (QED) is 0.748. The fraction of sp³-hybridized carbons (Fsp3) is 1.00. The molecule has 1 fully saturated rings. The number of rotatable bonds is 3. The topological polar surface area (TPSA) is 37.4 Å². The minimum Gasteiger partial charge on any atom is -0.213 e. The van der Waals surface area contributed by atoms with Crippen LogP contribution < -0.4 is 0 Å². The molecule has 0 aromatic carbocycles. The molecule has 1 rings (SSSR count). The van der Waals surface area contributed by atoms with Crippen LogP contribution in [0.1, 0.15) is 39.5 Å². The van der Waals surface area contributed by atoms with Crippen molar-refractivity contribution in [3.63, 3.8) is 0 Å². The molecule has 15 heavy (non-hydrogen) atoms. The van der Waals surface area contributed by atoms with Crippen LogP contribution in [0, 0.1) is 11.8 Å². The lowest BCUT2D eigenvalue weighted by molar-refractivity contribution is 0.202. The van der Waals surface area contributed by atoms with Crippen LogP contribution in [0.25, 0.3) is 0 Å². The van der Waals surface area contributed by atoms with Gasteiger partial charge in [-0.2, -0.15) is 0 Å². The Hall–Kier alpha value is -0.0900. The number of nitrogens with zero attached hydrogens (tertiary/aromatic N) is 1. The Morgan fingerprint density at radius 2 is 1.60 bits per heavy atom. The first-order valence-electron chi connectivity index (χ1n) is 5.75. The lowest BCUT2D eigenvalue weighted by atomic mass is 9.80. The van der Waals surface area contributed by atoms with E-state index in [4.69, 9.17) is 0 Å². The van der Waals surface area contributed by atoms with Gasteiger partial charge in [-0.3, -0.25) is 0 Å². The van der Waals surface area contributed by atoms with Gasteiger partial charge in [-0.05, 0) is 37.5 Å². The molecule has 3 nitrogen and oxygen atoms in total. The second-order valence-electron chi connectivity index (χ2n) is 5.09. The molecule has 0 saturated heterocycles. The Labute approximate surface area is 93.9 Å². The third kappa shape index (κ3) is 3.45. The number of hydrogen-bond acceptors (Lipinski definition) is 2. The van der Waals surface area contributed by atoms with Crippen molar-refractivity contribution in [2.24, 2.45) is 11.8 Å². The molecule has 0 N–H and O–H groups in total. The van der Waals surface area contributed by atoms with Crippen LogP contribution in [-0.2, 0) is 10.0 Å². The van der Waals surface area contributed by atoms with Crippen molar-refractivity contribution in [1.29, 1.82) is 0 Å². The molecule has 90 valence electrons. The standard InChI is InChI=1S/C11H23NO2S/c1-9(2)10-5-7-11(8-6-10)12(3)15(4,13)14/h9-11H,5-8H2,1-4H3/t10-,11-. The molecule has 0 amide bonds. The van der Waals surface area contributed by atoms with Crippen molar-refractivity contribution < 1.29 is 8.42 Å². The Balaban J connectivity index is 2.51. The Morgan fingerprint density at radius 1 is 1.13 bits per heavy atom. The maximum atomic E-state index is 11.4. The fourth-order valence-electron chi connectivity index (χ4n) is 2.40. The zero-order chi connectivity index (χ0) is 11.6. The first kappa shape index (κ1) is 13.0. The first-order chi connectivity index (χ1) is 6.82. The molecule has 0 aromatic rings. The highest BCUT2D eigenvalue weighted by atomic mass is 32.2. The van der Waals surface area contributed by atoms with Gasteiger partial charge in [-0.25, -0.2) is 12.7 Å². The molecule has 1 saturated carbocycles. The summed E-state index contributed by atoms with van der Waals surface area (Å²) in [5.74, 6) is 1.52. The van der Waals surface area contributed by atoms with Crippen LogP contribution in [0.4, 0.5) is 0 Å². The van der Waals surface area contributed by atoms with E-state index in [0.717, 1.165) is 24.7 Å². The third-order valence-corrected chi connectivity index (χ3v) is 5.07. The summed E-state index contributed by atoms with van der Waals surface area (Å²) in [6.45, 7) is 4.51. The maximum absolute atomic E-state index is 11.4. The fourth-order valence-corrected chi connectivity index (χ4v) is 3.16. The van der Waals surface area contributed by atoms with E-state index in [1.54, 1.807) is 11.4 Å². The van der Waals surface area contributed by atoms with Gasteiger partial charge in [0.05, 0.1) is 6.26 Å². The van der Waals surface area contributed by atoms with Crippen LogP contribution in [0.15, 0.2) is 0 Å². The summed E-state index contributed by atoms with van der Waals surface area (Å²) in [6, 6.07) is 0.231. The molecule has 0 atom stereocenters. The van der Waals surface area contributed by atoms with Gasteiger partial charge in [0.2, 0.25) is 10.0 Å². The Kier molecular flexibility index (Phi) is 4.18. The van der Waals surface area contributed by atoms with Gasteiger partial charge in [0.25, 0.3) is 0 Å². The Bertz CT molecular complexity index is 290. The molecular weight excluding hydrogens is 210 g/mol. The van der Waals surface area contributed by atoms with Gasteiger partial charge < -0.3 is 0 Å². The van der Waals surface area contributed by atoms with Crippen molar-refractivity contribution in [1.82, 2.24) is 4.31 Å². The van der Waals surface area contributed by atoms with Gasteiger partial charge in [0.15, 0.2) is 0 Å². The molecule has 0 bridgehead atoms. The minimum absolute atomic E-state index is 0.231. The largest absolute Gasteiger partial charge is 0.213 e. The van der Waals surface area contributed by atoms with Crippen molar-refractivity contribution >= 4 is 10.0 Å². The summed E-state index contributed by atoms with van der Waals surface area (Å²) in [7, 11) is -1.30. The lowest BCUT2D eigenvalue weighted by Gasteiger charge is -2.34. The highest BCUT2D eigenvalue weighted by molar-refractivity contribution is 7.88. The maximum Gasteiger partial charge on any atom is 0.211 e. The predicted molar refractivity (Wildman–Crippen MR) is 63.2 cm³/mol. The monoisotopic (exact) mass is 233 g/mol. The SMILES string of the molecule is CC(C)[C@H]1CC[C@H](N(C)S(C)(=O)=O)CC1. The second kappa shape index (κ2) is 4.83. The predicted octanol–water partition coefficient (Wildman–Crippen LogP) is 2.09. The van der Waals surface area contributed by atoms with Crippen molar-refractivity contribution in [2.45, 2.75) is 45.6 Å². The Morgan fingerprint density at radius 3 is 1.93 bits per heavy atom. The molecule has 0 spiro atoms. The van der Waals surface area contributed by atoms with Crippen molar-refractivity contribution in [3.05, 3.63) is 0 Å². The number of hydrogen-bond donors (Lipinski definition) is 0. The van der Waals surface area contributed by atoms with Crippen LogP contribution in [-0.4, -0.2) is 32.1 Å². The van der Waals surface area contributed by atoms with E-state index in [9.17, 15) is 8.42 Å². The highest BCUT2D eigenvalue weighted by Crippen LogP contribution is 2.32. The highest BCUT2D eigenvalue weighted by Gasteiger charge is 2.28. The normalized spacial score (nSPS) is 28.7. The van der Waals surface area contributed by atoms with E-state index in [2.05, 4.69) is 13.8 Å². The second-order valence-corrected chi connectivity index (χ2v) is 7.13. The third-order valence-electron chi connectivity index (χ3n) is 3.72. The summed E-state index contributed by atoms with van der Waals surface area (Å²) in [5, 5.41) is 0. The van der Waals surface area contributed by atoms with Gasteiger partial charge >= 0.3 is 0 Å². The zero-order valence-electron chi connectivity index (χ0n) is 10.2. The van der Waals surface area contributed by atoms with Crippen molar-refractivity contribution in [3.8, 4) is 0 Å². The van der Waals surface area contributed by atoms with E-state index in [0.29, 0.717) is 0 Å². The summed E-state index contributed by atoms with van der Waals surface area (Å²) in [5.41, 5.74) is 0. The average molecular weight is 233 g/mol. The van der Waals surface area contributed by atoms with E-state index in [1.807, 2.05) is 0 Å². The molecule has 0 aliphatic heterocycles. The van der Waals surface area contributed by atoms with E-state index >= 15 is 0 Å².